The van der Waals surface area contributed by atoms with E-state index >= 15 is 0 Å². The quantitative estimate of drug-likeness (QED) is 0.535. The first-order valence-electron chi connectivity index (χ1n) is 6.48. The van der Waals surface area contributed by atoms with Crippen LogP contribution in [-0.4, -0.2) is 9.78 Å². The van der Waals surface area contributed by atoms with E-state index in [4.69, 9.17) is 14.4 Å². The highest BCUT2D eigenvalue weighted by Gasteiger charge is 2.28. The van der Waals surface area contributed by atoms with Gasteiger partial charge in [-0.2, -0.15) is 23.8 Å². The molecule has 0 amide bonds. The molecule has 0 fully saturated rings. The Morgan fingerprint density at radius 2 is 1.83 bits per heavy atom. The molecular formula is C15H7F4N3O2. The SMILES string of the molecule is Cc1cc(Oc2c(F)c(F)c(C#N)c(F)c2F)n(-c2ccco2)n1. The minimum Gasteiger partial charge on any atom is -0.447 e. The van der Waals surface area contributed by atoms with Crippen molar-refractivity contribution in [2.75, 3.05) is 0 Å². The Bertz CT molecular complexity index is 929. The Hall–Kier alpha value is -3.28. The predicted molar refractivity (Wildman–Crippen MR) is 71.6 cm³/mol. The van der Waals surface area contributed by atoms with E-state index in [1.165, 1.54) is 18.4 Å². The van der Waals surface area contributed by atoms with Crippen LogP contribution in [0.3, 0.4) is 0 Å². The Labute approximate surface area is 132 Å². The van der Waals surface area contributed by atoms with Gasteiger partial charge in [-0.3, -0.25) is 0 Å². The molecule has 3 aromatic rings. The van der Waals surface area contributed by atoms with Crippen molar-refractivity contribution >= 4 is 0 Å². The van der Waals surface area contributed by atoms with Crippen molar-refractivity contribution in [1.29, 1.82) is 5.26 Å². The molecule has 2 heterocycles. The number of hydrogen-bond acceptors (Lipinski definition) is 4. The Morgan fingerprint density at radius 3 is 2.38 bits per heavy atom. The van der Waals surface area contributed by atoms with E-state index in [0.29, 0.717) is 5.69 Å². The van der Waals surface area contributed by atoms with Gasteiger partial charge < -0.3 is 9.15 Å². The van der Waals surface area contributed by atoms with E-state index in [2.05, 4.69) is 5.10 Å². The van der Waals surface area contributed by atoms with Gasteiger partial charge in [0.2, 0.25) is 29.1 Å². The Morgan fingerprint density at radius 1 is 1.17 bits per heavy atom. The maximum atomic E-state index is 13.9. The van der Waals surface area contributed by atoms with Crippen LogP contribution < -0.4 is 4.74 Å². The van der Waals surface area contributed by atoms with Gasteiger partial charge in [0.05, 0.1) is 12.0 Å². The lowest BCUT2D eigenvalue weighted by atomic mass is 10.2. The average molecular weight is 337 g/mol. The lowest BCUT2D eigenvalue weighted by molar-refractivity contribution is 0.346. The number of aryl methyl sites for hydroxylation is 1. The molecule has 0 radical (unpaired) electrons. The molecule has 2 aromatic heterocycles. The summed E-state index contributed by atoms with van der Waals surface area (Å²) in [5.74, 6) is -8.72. The van der Waals surface area contributed by atoms with E-state index in [-0.39, 0.29) is 11.8 Å². The van der Waals surface area contributed by atoms with E-state index < -0.39 is 34.6 Å². The molecule has 122 valence electrons. The largest absolute Gasteiger partial charge is 0.447 e. The molecule has 0 saturated carbocycles. The van der Waals surface area contributed by atoms with Crippen LogP contribution in [0, 0.1) is 41.5 Å². The zero-order valence-electron chi connectivity index (χ0n) is 12.0. The van der Waals surface area contributed by atoms with Crippen molar-refractivity contribution in [3.63, 3.8) is 0 Å². The van der Waals surface area contributed by atoms with Gasteiger partial charge in [0, 0.05) is 12.1 Å². The third-order valence-electron chi connectivity index (χ3n) is 3.06. The number of furan rings is 1. The van der Waals surface area contributed by atoms with Gasteiger partial charge in [-0.05, 0) is 13.0 Å². The van der Waals surface area contributed by atoms with Gasteiger partial charge in [0.25, 0.3) is 0 Å². The molecule has 0 N–H and O–H groups in total. The van der Waals surface area contributed by atoms with Crippen LogP contribution in [0.1, 0.15) is 11.3 Å². The summed E-state index contributed by atoms with van der Waals surface area (Å²) in [7, 11) is 0. The molecule has 0 atom stereocenters. The number of aromatic nitrogens is 2. The standard InChI is InChI=1S/C15H7F4N3O2/c1-7-5-10(22(21-7)9-3-2-4-23-9)24-15-13(18)11(16)8(6-20)12(17)14(15)19/h2-5H,1H3. The summed E-state index contributed by atoms with van der Waals surface area (Å²) in [4.78, 5) is 0. The lowest BCUT2D eigenvalue weighted by Gasteiger charge is -2.10. The van der Waals surface area contributed by atoms with Crippen LogP contribution in [0.15, 0.2) is 28.9 Å². The number of halogens is 4. The van der Waals surface area contributed by atoms with Gasteiger partial charge in [0.15, 0.2) is 11.6 Å². The second-order valence-electron chi connectivity index (χ2n) is 4.66. The molecule has 0 saturated heterocycles. The van der Waals surface area contributed by atoms with Crippen LogP contribution >= 0.6 is 0 Å². The maximum Gasteiger partial charge on any atom is 0.225 e. The molecule has 9 heteroatoms. The molecule has 3 rings (SSSR count). The number of ether oxygens (including phenoxy) is 1. The fourth-order valence-electron chi connectivity index (χ4n) is 2.00. The topological polar surface area (TPSA) is 64.0 Å². The van der Waals surface area contributed by atoms with Gasteiger partial charge in [0.1, 0.15) is 11.6 Å². The third-order valence-corrected chi connectivity index (χ3v) is 3.06. The summed E-state index contributed by atoms with van der Waals surface area (Å²) in [6.07, 6.45) is 1.33. The van der Waals surface area contributed by atoms with E-state index in [1.54, 1.807) is 13.0 Å². The van der Waals surface area contributed by atoms with Crippen molar-refractivity contribution in [3.05, 3.63) is 59.0 Å². The number of nitriles is 1. The molecule has 0 aliphatic rings. The fraction of sp³-hybridized carbons (Fsp3) is 0.0667. The summed E-state index contributed by atoms with van der Waals surface area (Å²) in [6.45, 7) is 1.57. The maximum absolute atomic E-state index is 13.9. The number of benzene rings is 1. The van der Waals surface area contributed by atoms with Crippen molar-refractivity contribution in [2.45, 2.75) is 6.92 Å². The summed E-state index contributed by atoms with van der Waals surface area (Å²) < 4.78 is 66.3. The smallest absolute Gasteiger partial charge is 0.225 e. The van der Waals surface area contributed by atoms with Crippen molar-refractivity contribution in [1.82, 2.24) is 9.78 Å². The number of nitrogens with zero attached hydrogens (tertiary/aromatic N) is 3. The molecule has 24 heavy (non-hydrogen) atoms. The zero-order chi connectivity index (χ0) is 17.4. The molecule has 0 aliphatic heterocycles. The summed E-state index contributed by atoms with van der Waals surface area (Å²) in [6, 6.07) is 5.38. The molecule has 0 unspecified atom stereocenters. The van der Waals surface area contributed by atoms with Gasteiger partial charge in [-0.15, -0.1) is 0 Å². The minimum atomic E-state index is -1.84. The highest BCUT2D eigenvalue weighted by molar-refractivity contribution is 5.42. The van der Waals surface area contributed by atoms with E-state index in [0.717, 1.165) is 10.8 Å². The van der Waals surface area contributed by atoms with Crippen molar-refractivity contribution in [2.24, 2.45) is 0 Å². The Balaban J connectivity index is 2.13. The lowest BCUT2D eigenvalue weighted by Crippen LogP contribution is -2.06. The molecule has 0 spiro atoms. The molecular weight excluding hydrogens is 330 g/mol. The van der Waals surface area contributed by atoms with Gasteiger partial charge in [-0.25, -0.2) is 8.78 Å². The van der Waals surface area contributed by atoms with E-state index in [9.17, 15) is 17.6 Å². The van der Waals surface area contributed by atoms with Crippen molar-refractivity contribution in [3.8, 4) is 23.6 Å². The van der Waals surface area contributed by atoms with Crippen LogP contribution in [0.25, 0.3) is 5.88 Å². The van der Waals surface area contributed by atoms with Gasteiger partial charge in [-0.1, -0.05) is 0 Å². The third kappa shape index (κ3) is 2.38. The first kappa shape index (κ1) is 15.6. The second kappa shape index (κ2) is 5.73. The van der Waals surface area contributed by atoms with Crippen LogP contribution in [0.5, 0.6) is 11.6 Å². The van der Waals surface area contributed by atoms with Crippen LogP contribution in [0.4, 0.5) is 17.6 Å². The zero-order valence-corrected chi connectivity index (χ0v) is 12.0. The molecule has 5 nitrogen and oxygen atoms in total. The normalized spacial score (nSPS) is 10.7. The van der Waals surface area contributed by atoms with E-state index in [1.807, 2.05) is 0 Å². The molecule has 1 aromatic carbocycles. The van der Waals surface area contributed by atoms with Crippen LogP contribution in [-0.2, 0) is 0 Å². The summed E-state index contributed by atoms with van der Waals surface area (Å²) in [5.41, 5.74) is -0.968. The second-order valence-corrected chi connectivity index (χ2v) is 4.66. The first-order valence-corrected chi connectivity index (χ1v) is 6.48. The summed E-state index contributed by atoms with van der Waals surface area (Å²) in [5, 5.41) is 12.6. The fourth-order valence-corrected chi connectivity index (χ4v) is 2.00. The summed E-state index contributed by atoms with van der Waals surface area (Å²) >= 11 is 0. The van der Waals surface area contributed by atoms with Crippen molar-refractivity contribution < 1.29 is 26.7 Å². The predicted octanol–water partition coefficient (Wildman–Crippen LogP) is 3.99. The highest BCUT2D eigenvalue weighted by atomic mass is 19.2. The van der Waals surface area contributed by atoms with Crippen LogP contribution in [0.2, 0.25) is 0 Å². The monoisotopic (exact) mass is 337 g/mol. The first-order chi connectivity index (χ1) is 11.4. The average Bonchev–Trinajstić information content (AvgIpc) is 3.19. The van der Waals surface area contributed by atoms with Gasteiger partial charge >= 0.3 is 0 Å². The number of hydrogen-bond donors (Lipinski definition) is 0. The number of rotatable bonds is 3. The molecule has 0 bridgehead atoms. The molecule has 0 aliphatic carbocycles. The highest BCUT2D eigenvalue weighted by Crippen LogP contribution is 2.34. The Kier molecular flexibility index (Phi) is 3.73. The minimum absolute atomic E-state index is 0.161.